The molecule has 0 aromatic rings. The van der Waals surface area contributed by atoms with Gasteiger partial charge in [-0.05, 0) is 20.3 Å². The highest BCUT2D eigenvalue weighted by atomic mass is 16.8. The Bertz CT molecular complexity index is 192. The Kier molecular flexibility index (Phi) is 2.32. The molecule has 0 radical (unpaired) electrons. The van der Waals surface area contributed by atoms with Crippen LogP contribution in [0.2, 0.25) is 0 Å². The van der Waals surface area contributed by atoms with Gasteiger partial charge in [-0.25, -0.2) is 0 Å². The van der Waals surface area contributed by atoms with Gasteiger partial charge < -0.3 is 18.9 Å². The van der Waals surface area contributed by atoms with E-state index in [1.165, 1.54) is 0 Å². The Morgan fingerprint density at radius 3 is 2.77 bits per heavy atom. The molecule has 2 fully saturated rings. The lowest BCUT2D eigenvalue weighted by Crippen LogP contribution is -2.43. The Balaban J connectivity index is 2.08. The number of ether oxygens (including phenoxy) is 4. The summed E-state index contributed by atoms with van der Waals surface area (Å²) in [6.45, 7) is 4.51. The van der Waals surface area contributed by atoms with Crippen molar-refractivity contribution >= 4 is 0 Å². The molecule has 2 rings (SSSR count). The first-order valence-electron chi connectivity index (χ1n) is 4.62. The predicted molar refractivity (Wildman–Crippen MR) is 45.2 cm³/mol. The Hall–Kier alpha value is -0.160. The fourth-order valence-electron chi connectivity index (χ4n) is 1.91. The van der Waals surface area contributed by atoms with Crippen LogP contribution in [0.5, 0.6) is 0 Å². The molecule has 13 heavy (non-hydrogen) atoms. The van der Waals surface area contributed by atoms with Gasteiger partial charge in [0.25, 0.3) is 0 Å². The van der Waals surface area contributed by atoms with Crippen molar-refractivity contribution < 1.29 is 18.9 Å². The van der Waals surface area contributed by atoms with Crippen molar-refractivity contribution in [2.24, 2.45) is 0 Å². The van der Waals surface area contributed by atoms with Crippen molar-refractivity contribution in [1.82, 2.24) is 0 Å². The van der Waals surface area contributed by atoms with Crippen LogP contribution < -0.4 is 0 Å². The minimum Gasteiger partial charge on any atom is -0.353 e. The lowest BCUT2D eigenvalue weighted by atomic mass is 10.1. The molecule has 4 heteroatoms. The lowest BCUT2D eigenvalue weighted by Gasteiger charge is -2.29. The lowest BCUT2D eigenvalue weighted by molar-refractivity contribution is -0.219. The molecule has 0 aliphatic carbocycles. The molecule has 0 saturated carbocycles. The van der Waals surface area contributed by atoms with Gasteiger partial charge in [0.1, 0.15) is 6.10 Å². The van der Waals surface area contributed by atoms with Gasteiger partial charge in [0.15, 0.2) is 12.1 Å². The van der Waals surface area contributed by atoms with Crippen LogP contribution in [0.1, 0.15) is 20.3 Å². The maximum Gasteiger partial charge on any atom is 0.186 e. The van der Waals surface area contributed by atoms with Crippen LogP contribution in [0.25, 0.3) is 0 Å². The molecular formula is C9H16O4. The Morgan fingerprint density at radius 1 is 1.31 bits per heavy atom. The quantitative estimate of drug-likeness (QED) is 0.612. The first kappa shape index (κ1) is 9.40. The van der Waals surface area contributed by atoms with Crippen molar-refractivity contribution in [3.63, 3.8) is 0 Å². The number of hydrogen-bond acceptors (Lipinski definition) is 4. The molecule has 0 unspecified atom stereocenters. The number of fused-ring (bicyclic) bond motifs is 1. The molecule has 0 aromatic heterocycles. The van der Waals surface area contributed by atoms with E-state index in [2.05, 4.69) is 0 Å². The monoisotopic (exact) mass is 188 g/mol. The number of hydrogen-bond donors (Lipinski definition) is 0. The van der Waals surface area contributed by atoms with E-state index >= 15 is 0 Å². The highest BCUT2D eigenvalue weighted by Crippen LogP contribution is 2.35. The summed E-state index contributed by atoms with van der Waals surface area (Å²) in [7, 11) is 1.63. The third-order valence-electron chi connectivity index (χ3n) is 2.41. The second-order valence-electron chi connectivity index (χ2n) is 3.90. The highest BCUT2D eigenvalue weighted by molar-refractivity contribution is 4.86. The fraction of sp³-hybridized carbons (Fsp3) is 1.00. The Labute approximate surface area is 78.1 Å². The average Bonchev–Trinajstić information content (AvgIpc) is 2.37. The normalized spacial score (nSPS) is 43.2. The molecule has 0 N–H and O–H groups in total. The van der Waals surface area contributed by atoms with Crippen LogP contribution >= 0.6 is 0 Å². The van der Waals surface area contributed by atoms with Gasteiger partial charge in [0.2, 0.25) is 0 Å². The average molecular weight is 188 g/mol. The van der Waals surface area contributed by atoms with Crippen LogP contribution in [0.4, 0.5) is 0 Å². The van der Waals surface area contributed by atoms with E-state index in [4.69, 9.17) is 18.9 Å². The largest absolute Gasteiger partial charge is 0.353 e. The summed E-state index contributed by atoms with van der Waals surface area (Å²) >= 11 is 0. The molecule has 0 spiro atoms. The first-order valence-corrected chi connectivity index (χ1v) is 4.62. The summed E-state index contributed by atoms with van der Waals surface area (Å²) in [5, 5.41) is 0. The van der Waals surface area contributed by atoms with Crippen LogP contribution in [-0.2, 0) is 18.9 Å². The summed E-state index contributed by atoms with van der Waals surface area (Å²) in [6, 6.07) is 0. The maximum atomic E-state index is 5.70. The predicted octanol–water partition coefficient (Wildman–Crippen LogP) is 0.899. The zero-order chi connectivity index (χ0) is 9.47. The van der Waals surface area contributed by atoms with Gasteiger partial charge >= 0.3 is 0 Å². The van der Waals surface area contributed by atoms with Gasteiger partial charge in [-0.1, -0.05) is 0 Å². The minimum atomic E-state index is -0.500. The smallest absolute Gasteiger partial charge is 0.186 e. The van der Waals surface area contributed by atoms with Crippen LogP contribution in [0.15, 0.2) is 0 Å². The number of rotatable bonds is 1. The molecule has 0 bridgehead atoms. The molecule has 76 valence electrons. The topological polar surface area (TPSA) is 36.9 Å². The van der Waals surface area contributed by atoms with Gasteiger partial charge in [-0.3, -0.25) is 0 Å². The molecule has 2 heterocycles. The van der Waals surface area contributed by atoms with E-state index in [1.807, 2.05) is 13.8 Å². The van der Waals surface area contributed by atoms with Gasteiger partial charge in [0, 0.05) is 7.11 Å². The number of methoxy groups -OCH3 is 1. The first-order chi connectivity index (χ1) is 6.12. The second kappa shape index (κ2) is 3.20. The van der Waals surface area contributed by atoms with Gasteiger partial charge in [-0.15, -0.1) is 0 Å². The summed E-state index contributed by atoms with van der Waals surface area (Å²) < 4.78 is 22.0. The summed E-state index contributed by atoms with van der Waals surface area (Å²) in [4.78, 5) is 0. The van der Waals surface area contributed by atoms with Crippen molar-refractivity contribution in [3.8, 4) is 0 Å². The highest BCUT2D eigenvalue weighted by Gasteiger charge is 2.47. The maximum absolute atomic E-state index is 5.70. The van der Waals surface area contributed by atoms with Crippen LogP contribution in [-0.4, -0.2) is 38.0 Å². The molecule has 4 nitrogen and oxygen atoms in total. The van der Waals surface area contributed by atoms with E-state index in [9.17, 15) is 0 Å². The minimum absolute atomic E-state index is 0.0752. The zero-order valence-corrected chi connectivity index (χ0v) is 8.28. The standard InChI is InChI=1S/C9H16O4/c1-9(2)12-6-4-5-11-8(10-3)7(6)13-9/h6-8H,4-5H2,1-3H3/t6-,7-,8+/m0/s1. The second-order valence-corrected chi connectivity index (χ2v) is 3.90. The molecule has 2 aliphatic heterocycles. The van der Waals surface area contributed by atoms with Crippen molar-refractivity contribution in [1.29, 1.82) is 0 Å². The summed E-state index contributed by atoms with van der Waals surface area (Å²) in [5.74, 6) is -0.500. The summed E-state index contributed by atoms with van der Waals surface area (Å²) in [6.07, 6.45) is 0.650. The molecule has 0 aromatic carbocycles. The zero-order valence-electron chi connectivity index (χ0n) is 8.28. The molecule has 0 amide bonds. The summed E-state index contributed by atoms with van der Waals surface area (Å²) in [5.41, 5.74) is 0. The van der Waals surface area contributed by atoms with E-state index < -0.39 is 5.79 Å². The SMILES string of the molecule is CO[C@@H]1OCC[C@@H]2OC(C)(C)O[C@H]12. The fourth-order valence-corrected chi connectivity index (χ4v) is 1.91. The third-order valence-corrected chi connectivity index (χ3v) is 2.41. The van der Waals surface area contributed by atoms with Gasteiger partial charge in [0.05, 0.1) is 12.7 Å². The molecule has 2 saturated heterocycles. The van der Waals surface area contributed by atoms with Crippen molar-refractivity contribution in [2.45, 2.75) is 44.6 Å². The van der Waals surface area contributed by atoms with E-state index in [1.54, 1.807) is 7.11 Å². The van der Waals surface area contributed by atoms with Gasteiger partial charge in [-0.2, -0.15) is 0 Å². The van der Waals surface area contributed by atoms with Crippen LogP contribution in [0, 0.1) is 0 Å². The Morgan fingerprint density at radius 2 is 2.08 bits per heavy atom. The van der Waals surface area contributed by atoms with E-state index in [-0.39, 0.29) is 18.5 Å². The third kappa shape index (κ3) is 1.72. The molecular weight excluding hydrogens is 172 g/mol. The molecule has 3 atom stereocenters. The van der Waals surface area contributed by atoms with E-state index in [0.29, 0.717) is 6.61 Å². The molecule has 2 aliphatic rings. The van der Waals surface area contributed by atoms with Crippen molar-refractivity contribution in [2.75, 3.05) is 13.7 Å². The van der Waals surface area contributed by atoms with Crippen LogP contribution in [0.3, 0.4) is 0 Å². The van der Waals surface area contributed by atoms with Crippen molar-refractivity contribution in [3.05, 3.63) is 0 Å². The van der Waals surface area contributed by atoms with E-state index in [0.717, 1.165) is 6.42 Å².